The molecule has 1 aliphatic carbocycles. The van der Waals surface area contributed by atoms with Crippen molar-refractivity contribution in [2.75, 3.05) is 10.2 Å². The minimum Gasteiger partial charge on any atom is -0.307 e. The van der Waals surface area contributed by atoms with Crippen LogP contribution in [0.5, 0.6) is 0 Å². The van der Waals surface area contributed by atoms with Crippen molar-refractivity contribution in [2.24, 2.45) is 5.11 Å². The average Bonchev–Trinajstić information content (AvgIpc) is 3.00. The third-order valence-corrected chi connectivity index (χ3v) is 8.67. The molecule has 4 rings (SSSR count). The van der Waals surface area contributed by atoms with Gasteiger partial charge in [-0.3, -0.25) is 20.4 Å². The number of hydrogen-bond donors (Lipinski definition) is 4. The molecule has 0 spiro atoms. The van der Waals surface area contributed by atoms with E-state index in [0.29, 0.717) is 17.2 Å². The number of urea groups is 1. The summed E-state index contributed by atoms with van der Waals surface area (Å²) in [4.78, 5) is 27.2. The fourth-order valence-corrected chi connectivity index (χ4v) is 5.64. The Bertz CT molecular complexity index is 1480. The van der Waals surface area contributed by atoms with Gasteiger partial charge in [0.25, 0.3) is 11.9 Å². The molecule has 0 atom stereocenters. The first-order valence-corrected chi connectivity index (χ1v) is 15.9. The summed E-state index contributed by atoms with van der Waals surface area (Å²) in [6.45, 7) is 0.0626. The Morgan fingerprint density at radius 2 is 1.71 bits per heavy atom. The van der Waals surface area contributed by atoms with Crippen LogP contribution >= 0.6 is 20.7 Å². The van der Waals surface area contributed by atoms with Crippen LogP contribution in [-0.2, 0) is 10.5 Å². The summed E-state index contributed by atoms with van der Waals surface area (Å²) in [7, 11) is 0. The zero-order chi connectivity index (χ0) is 30.3. The quantitative estimate of drug-likeness (QED) is 0.0715. The van der Waals surface area contributed by atoms with Gasteiger partial charge in [0.05, 0.1) is 6.54 Å². The molecule has 3 aromatic carbocycles. The smallest absolute Gasteiger partial charge is 0.307 e. The Morgan fingerprint density at radius 1 is 1.05 bits per heavy atom. The highest BCUT2D eigenvalue weighted by atomic mass is 127. The minimum atomic E-state index is -3.25. The van der Waals surface area contributed by atoms with Crippen molar-refractivity contribution in [1.29, 1.82) is 5.41 Å². The number of anilines is 2. The number of carbonyl (C=O) groups is 2. The van der Waals surface area contributed by atoms with Crippen LogP contribution in [0.2, 0.25) is 0 Å². The standard InChI is InChI=1S/C30H30F3IN6O2/c1-34-30(32,33)23-15-24(31)17-25(16-23)37-29(42)40(26-13-11-21(12-14-26)20-5-3-2-4-6-20)18-19-7-9-22(10-8-19)27(41)38-28(35)39-36/h7-17,20,36H,1-6,18H2,(H,37,42)(H2,35,38,41)/p+1. The number of rotatable bonds is 8. The van der Waals surface area contributed by atoms with Gasteiger partial charge in [0.1, 0.15) is 5.82 Å². The van der Waals surface area contributed by atoms with Gasteiger partial charge in [-0.25, -0.2) is 9.18 Å². The van der Waals surface area contributed by atoms with Crippen LogP contribution in [0.4, 0.5) is 29.3 Å². The molecule has 5 N–H and O–H groups in total. The molecule has 3 amide bonds. The van der Waals surface area contributed by atoms with E-state index in [1.54, 1.807) is 12.1 Å². The molecule has 1 saturated carbocycles. The molecule has 42 heavy (non-hydrogen) atoms. The number of carbonyl (C=O) groups excluding carboxylic acids is 2. The van der Waals surface area contributed by atoms with E-state index in [-0.39, 0.29) is 17.8 Å². The van der Waals surface area contributed by atoms with E-state index in [1.807, 2.05) is 24.3 Å². The predicted molar refractivity (Wildman–Crippen MR) is 165 cm³/mol. The summed E-state index contributed by atoms with van der Waals surface area (Å²) < 4.78 is 43.0. The normalized spacial score (nSPS) is 13.7. The second kappa shape index (κ2) is 13.8. The molecular formula is C30H31F3IN6O2+. The number of amides is 3. The van der Waals surface area contributed by atoms with Crippen LogP contribution in [0.15, 0.2) is 71.8 Å². The van der Waals surface area contributed by atoms with Crippen LogP contribution in [0.25, 0.3) is 0 Å². The SMILES string of the molecule is C=IC(F)(F)c1cc(F)cc(NC(=O)N(Cc2ccc(C(=O)NC(=N)N=[NH2+])cc2)c2ccc(C3CCCCC3)cc2)c1. The fraction of sp³-hybridized carbons (Fsp3) is 0.267. The number of nitrogens with two attached hydrogens (primary N) is 1. The topological polar surface area (TPSA) is 123 Å². The lowest BCUT2D eigenvalue weighted by Crippen LogP contribution is -2.36. The molecule has 0 aromatic heterocycles. The molecule has 0 bridgehead atoms. The van der Waals surface area contributed by atoms with Crippen LogP contribution in [0.3, 0.4) is 0 Å². The number of nitrogens with zero attached hydrogens (tertiary/aromatic N) is 2. The first kappa shape index (κ1) is 31.0. The van der Waals surface area contributed by atoms with Gasteiger partial charge in [-0.15, -0.1) is 5.53 Å². The van der Waals surface area contributed by atoms with Crippen molar-refractivity contribution in [3.05, 3.63) is 94.8 Å². The number of guanidine groups is 1. The van der Waals surface area contributed by atoms with E-state index in [9.17, 15) is 22.8 Å². The first-order chi connectivity index (χ1) is 20.1. The largest absolute Gasteiger partial charge is 0.326 e. The van der Waals surface area contributed by atoms with Gasteiger partial charge >= 0.3 is 9.96 Å². The van der Waals surface area contributed by atoms with Crippen LogP contribution < -0.4 is 21.1 Å². The molecule has 220 valence electrons. The molecule has 12 heteroatoms. The monoisotopic (exact) mass is 691 g/mol. The zero-order valence-corrected chi connectivity index (χ0v) is 24.8. The molecule has 1 aliphatic rings. The summed E-state index contributed by atoms with van der Waals surface area (Å²) in [6.07, 6.45) is 5.83. The van der Waals surface area contributed by atoms with Gasteiger partial charge in [0.15, 0.2) is 0 Å². The molecule has 0 aliphatic heterocycles. The summed E-state index contributed by atoms with van der Waals surface area (Å²) in [5.41, 5.74) is 7.01. The average molecular weight is 692 g/mol. The number of hydrogen-bond acceptors (Lipinski definition) is 3. The maximum absolute atomic E-state index is 14.3. The fourth-order valence-electron chi connectivity index (χ4n) is 4.89. The molecule has 0 heterocycles. The van der Waals surface area contributed by atoms with Gasteiger partial charge in [0, 0.05) is 27.6 Å². The van der Waals surface area contributed by atoms with E-state index in [0.717, 1.165) is 31.0 Å². The van der Waals surface area contributed by atoms with Crippen LogP contribution in [0, 0.1) is 11.2 Å². The molecule has 3 aromatic rings. The Balaban J connectivity index is 1.61. The van der Waals surface area contributed by atoms with E-state index in [2.05, 4.69) is 20.3 Å². The Labute approximate surface area is 251 Å². The highest BCUT2D eigenvalue weighted by Gasteiger charge is 2.29. The number of nitrogens with one attached hydrogen (secondary N) is 3. The van der Waals surface area contributed by atoms with Crippen LogP contribution in [-0.4, -0.2) is 22.4 Å². The van der Waals surface area contributed by atoms with E-state index in [4.69, 9.17) is 10.9 Å². The lowest BCUT2D eigenvalue weighted by atomic mass is 9.84. The Kier molecular flexibility index (Phi) is 10.2. The highest BCUT2D eigenvalue weighted by Crippen LogP contribution is 2.40. The zero-order valence-electron chi connectivity index (χ0n) is 22.7. The second-order valence-electron chi connectivity index (χ2n) is 9.93. The minimum absolute atomic E-state index is 0.0626. The summed E-state index contributed by atoms with van der Waals surface area (Å²) in [6, 6.07) is 16.2. The lowest BCUT2D eigenvalue weighted by Gasteiger charge is -2.26. The molecule has 0 radical (unpaired) electrons. The van der Waals surface area contributed by atoms with Crippen molar-refractivity contribution in [3.63, 3.8) is 0 Å². The van der Waals surface area contributed by atoms with E-state index >= 15 is 0 Å². The Morgan fingerprint density at radius 3 is 2.33 bits per heavy atom. The molecular weight excluding hydrogens is 660 g/mol. The highest BCUT2D eigenvalue weighted by molar-refractivity contribution is 14.2. The van der Waals surface area contributed by atoms with Gasteiger partial charge in [-0.05, 0) is 93.1 Å². The Hall–Kier alpha value is -3.94. The van der Waals surface area contributed by atoms with E-state index < -0.39 is 53.9 Å². The molecule has 0 saturated heterocycles. The van der Waals surface area contributed by atoms with Crippen molar-refractivity contribution >= 4 is 54.5 Å². The summed E-state index contributed by atoms with van der Waals surface area (Å²) in [5.74, 6) is -1.49. The number of alkyl halides is 3. The van der Waals surface area contributed by atoms with E-state index in [1.165, 1.54) is 41.9 Å². The third-order valence-electron chi connectivity index (χ3n) is 7.09. The van der Waals surface area contributed by atoms with Crippen molar-refractivity contribution in [3.8, 4) is 0 Å². The maximum atomic E-state index is 14.3. The predicted octanol–water partition coefficient (Wildman–Crippen LogP) is 6.44. The number of halogens is 4. The maximum Gasteiger partial charge on any atom is 0.326 e. The summed E-state index contributed by atoms with van der Waals surface area (Å²) >= 11 is -1.80. The van der Waals surface area contributed by atoms with Crippen LogP contribution in [0.1, 0.15) is 65.1 Å². The third kappa shape index (κ3) is 7.87. The number of benzene rings is 3. The van der Waals surface area contributed by atoms with Gasteiger partial charge < -0.3 is 5.32 Å². The van der Waals surface area contributed by atoms with Gasteiger partial charge in [-0.2, -0.15) is 8.78 Å². The van der Waals surface area contributed by atoms with Crippen molar-refractivity contribution < 1.29 is 28.3 Å². The van der Waals surface area contributed by atoms with Crippen molar-refractivity contribution in [2.45, 2.75) is 48.5 Å². The lowest BCUT2D eigenvalue weighted by molar-refractivity contribution is -0.207. The van der Waals surface area contributed by atoms with Gasteiger partial charge in [-0.1, -0.05) is 48.0 Å². The molecule has 1 fully saturated rings. The summed E-state index contributed by atoms with van der Waals surface area (Å²) in [5, 5.41) is 15.3. The van der Waals surface area contributed by atoms with Gasteiger partial charge in [0.2, 0.25) is 0 Å². The molecule has 8 nitrogen and oxygen atoms in total. The first-order valence-electron chi connectivity index (χ1n) is 13.3. The molecule has 0 unspecified atom stereocenters. The second-order valence-corrected chi connectivity index (χ2v) is 12.0. The van der Waals surface area contributed by atoms with Crippen molar-refractivity contribution in [1.82, 2.24) is 5.32 Å².